The molecule has 5 heterocycles. The Morgan fingerprint density at radius 2 is 0.830 bits per heavy atom. The number of nitrogens with zero attached hydrogens (tertiary/aromatic N) is 5. The number of fused-ring (bicyclic) bond motifs is 11. The van der Waals surface area contributed by atoms with Gasteiger partial charge in [-0.25, -0.2) is 4.98 Å². The predicted octanol–water partition coefficient (Wildman–Crippen LogP) is 16.9. The highest BCUT2D eigenvalue weighted by Gasteiger charge is 2.50. The van der Waals surface area contributed by atoms with Crippen LogP contribution in [0.3, 0.4) is 0 Å². The Hall–Kier alpha value is -9.39. The Morgan fingerprint density at radius 1 is 0.375 bits per heavy atom. The Bertz CT molecular complexity index is 4560. The van der Waals surface area contributed by atoms with Gasteiger partial charge in [0.25, 0.3) is 13.4 Å². The van der Waals surface area contributed by atoms with Crippen LogP contribution in [0, 0.1) is 5.41 Å². The lowest BCUT2D eigenvalue weighted by atomic mass is 9.30. The van der Waals surface area contributed by atoms with Crippen LogP contribution in [0.2, 0.25) is 0 Å². The summed E-state index contributed by atoms with van der Waals surface area (Å²) in [5, 5.41) is 10.9. The number of rotatable bonds is 7. The Labute approximate surface area is 520 Å². The molecule has 1 N–H and O–H groups in total. The fourth-order valence-corrected chi connectivity index (χ4v) is 15.9. The number of pyridine rings is 1. The van der Waals surface area contributed by atoms with Crippen molar-refractivity contribution < 1.29 is 0 Å². The second kappa shape index (κ2) is 19.8. The Morgan fingerprint density at radius 3 is 1.42 bits per heavy atom. The zero-order chi connectivity index (χ0) is 60.0. The number of amidine groups is 1. The van der Waals surface area contributed by atoms with Crippen molar-refractivity contribution >= 4 is 110 Å². The molecule has 2 aliphatic carbocycles. The van der Waals surface area contributed by atoms with Crippen LogP contribution in [0.4, 0.5) is 57.0 Å². The molecule has 0 radical (unpaired) electrons. The lowest BCUT2D eigenvalue weighted by Gasteiger charge is -2.47. The maximum Gasteiger partial charge on any atom is 0.254 e. The molecule has 1 aromatic heterocycles. The molecule has 4 aliphatic heterocycles. The summed E-state index contributed by atoms with van der Waals surface area (Å²) >= 11 is 0. The summed E-state index contributed by atoms with van der Waals surface area (Å²) in [6.45, 7) is 18.8. The Balaban J connectivity index is 0.997. The van der Waals surface area contributed by atoms with Crippen molar-refractivity contribution in [3.63, 3.8) is 0 Å². The molecule has 0 bridgehead atoms. The van der Waals surface area contributed by atoms with Crippen molar-refractivity contribution in [2.24, 2.45) is 0 Å². The van der Waals surface area contributed by atoms with Gasteiger partial charge in [0.05, 0.1) is 5.69 Å². The van der Waals surface area contributed by atoms with Crippen LogP contribution < -0.4 is 46.9 Å². The van der Waals surface area contributed by atoms with Crippen molar-refractivity contribution in [3.8, 4) is 11.3 Å². The summed E-state index contributed by atoms with van der Waals surface area (Å²) in [6.07, 6.45) is 9.23. The van der Waals surface area contributed by atoms with Crippen molar-refractivity contribution in [3.05, 3.63) is 270 Å². The monoisotopic (exact) mass is 1140 g/mol. The molecular weight excluding hydrogens is 1070 g/mol. The first kappa shape index (κ1) is 54.0. The highest BCUT2D eigenvalue weighted by molar-refractivity contribution is 7.02. The topological polar surface area (TPSA) is 49.7 Å². The molecule has 0 spiro atoms. The van der Waals surface area contributed by atoms with E-state index in [1.54, 1.807) is 0 Å². The summed E-state index contributed by atoms with van der Waals surface area (Å²) in [5.74, 6) is 1.39. The van der Waals surface area contributed by atoms with Gasteiger partial charge in [0.15, 0.2) is 0 Å². The third kappa shape index (κ3) is 8.31. The first-order valence-electron chi connectivity index (χ1n) is 31.7. The minimum absolute atomic E-state index is 0.0103. The molecular formula is C80H72B2N6. The van der Waals surface area contributed by atoms with Gasteiger partial charge in [-0.3, -0.25) is 15.2 Å². The lowest BCUT2D eigenvalue weighted by Crippen LogP contribution is -2.64. The van der Waals surface area contributed by atoms with Gasteiger partial charge in [0.1, 0.15) is 11.7 Å². The van der Waals surface area contributed by atoms with Crippen molar-refractivity contribution in [2.75, 3.05) is 19.6 Å². The molecule has 9 aromatic carbocycles. The fourth-order valence-electron chi connectivity index (χ4n) is 15.9. The van der Waals surface area contributed by atoms with Gasteiger partial charge in [-0.15, -0.1) is 0 Å². The van der Waals surface area contributed by atoms with E-state index in [0.717, 1.165) is 122 Å². The van der Waals surface area contributed by atoms with E-state index in [1.165, 1.54) is 38.6 Å². The van der Waals surface area contributed by atoms with E-state index in [1.807, 2.05) is 0 Å². The maximum absolute atomic E-state index is 10.9. The first-order valence-corrected chi connectivity index (χ1v) is 31.7. The average molecular weight is 1140 g/mol. The first-order chi connectivity index (χ1) is 42.6. The molecule has 428 valence electrons. The minimum atomic E-state index is -0.309. The van der Waals surface area contributed by atoms with Gasteiger partial charge >= 0.3 is 0 Å². The molecule has 0 atom stereocenters. The summed E-state index contributed by atoms with van der Waals surface area (Å²) in [5.41, 5.74) is 26.5. The minimum Gasteiger partial charge on any atom is -0.311 e. The van der Waals surface area contributed by atoms with E-state index in [9.17, 15) is 5.41 Å². The number of allylic oxidation sites excluding steroid dienone is 1. The van der Waals surface area contributed by atoms with Crippen LogP contribution in [-0.2, 0) is 21.7 Å². The predicted molar refractivity (Wildman–Crippen MR) is 373 cm³/mol. The van der Waals surface area contributed by atoms with E-state index in [0.29, 0.717) is 5.84 Å². The molecule has 0 unspecified atom stereocenters. The largest absolute Gasteiger partial charge is 0.311 e. The number of anilines is 10. The normalized spacial score (nSPS) is 17.8. The molecule has 88 heavy (non-hydrogen) atoms. The molecule has 0 fully saturated rings. The summed E-state index contributed by atoms with van der Waals surface area (Å²) in [7, 11) is 0. The second-order valence-electron chi connectivity index (χ2n) is 28.0. The summed E-state index contributed by atoms with van der Waals surface area (Å²) in [6, 6.07) is 83.0. The number of hydrogen-bond donors (Lipinski definition) is 1. The summed E-state index contributed by atoms with van der Waals surface area (Å²) in [4.78, 5) is 15.6. The average Bonchev–Trinajstić information content (AvgIpc) is 0.694. The van der Waals surface area contributed by atoms with Crippen molar-refractivity contribution in [1.29, 1.82) is 5.41 Å². The van der Waals surface area contributed by atoms with Crippen LogP contribution in [-0.4, -0.2) is 24.2 Å². The van der Waals surface area contributed by atoms with E-state index in [2.05, 4.69) is 312 Å². The van der Waals surface area contributed by atoms with Gasteiger partial charge < -0.3 is 9.80 Å². The van der Waals surface area contributed by atoms with Gasteiger partial charge in [-0.1, -0.05) is 207 Å². The van der Waals surface area contributed by atoms with Crippen LogP contribution >= 0.6 is 0 Å². The molecule has 0 amide bonds. The molecule has 8 heteroatoms. The molecule has 0 saturated heterocycles. The van der Waals surface area contributed by atoms with E-state index < -0.39 is 0 Å². The number of nitrogens with one attached hydrogen (secondary N) is 1. The third-order valence-corrected chi connectivity index (χ3v) is 20.8. The van der Waals surface area contributed by atoms with Crippen molar-refractivity contribution in [2.45, 2.75) is 103 Å². The number of hydrogen-bond acceptors (Lipinski definition) is 5. The van der Waals surface area contributed by atoms with Gasteiger partial charge in [0.2, 0.25) is 0 Å². The van der Waals surface area contributed by atoms with Crippen LogP contribution in [0.1, 0.15) is 109 Å². The van der Waals surface area contributed by atoms with Crippen LogP contribution in [0.15, 0.2) is 242 Å². The lowest BCUT2D eigenvalue weighted by molar-refractivity contribution is 0.332. The molecule has 10 aromatic rings. The van der Waals surface area contributed by atoms with Gasteiger partial charge in [-0.05, 0) is 193 Å². The van der Waals surface area contributed by atoms with Crippen molar-refractivity contribution in [1.82, 2.24) is 4.98 Å². The zero-order valence-electron chi connectivity index (χ0n) is 51.7. The molecule has 0 saturated carbocycles. The van der Waals surface area contributed by atoms with Gasteiger partial charge in [0, 0.05) is 62.4 Å². The standard InChI is InChI=1S/C80H72B2N6/c1-77(2)43-45-79(5,6)60-47-52(37-40-58(60)77)38-42-69-73-75(83)87(56-29-17-11-18-30-56)67-35-23-21-33-62(67)81(73)64-49-65-71(51-70(64)85(69)54-25-13-9-14-26-54)86(55-27-15-10-16-28-55)72-50-66(53-39-41-59-61(48-53)80(7,8)46-44-78(59,3)4)84-76-74(72)82(65)63-34-22-24-36-68(63)88(76)57-31-19-12-20-32-57/h9-42,47-51,83H,43-46H2,1-8H3/b42-38+,83-75?. The van der Waals surface area contributed by atoms with E-state index in [4.69, 9.17) is 4.98 Å². The van der Waals surface area contributed by atoms with E-state index >= 15 is 0 Å². The smallest absolute Gasteiger partial charge is 0.254 e. The quantitative estimate of drug-likeness (QED) is 0.161. The highest BCUT2D eigenvalue weighted by atomic mass is 15.2. The number of benzene rings is 9. The second-order valence-corrected chi connectivity index (χ2v) is 28.0. The van der Waals surface area contributed by atoms with E-state index in [-0.39, 0.29) is 35.1 Å². The number of aromatic nitrogens is 1. The fraction of sp³-hybridized carbons (Fsp3) is 0.200. The maximum atomic E-state index is 10.9. The highest BCUT2D eigenvalue weighted by Crippen LogP contribution is 2.52. The third-order valence-electron chi connectivity index (χ3n) is 20.8. The zero-order valence-corrected chi connectivity index (χ0v) is 51.7. The summed E-state index contributed by atoms with van der Waals surface area (Å²) < 4.78 is 0. The molecule has 16 rings (SSSR count). The SMILES string of the molecule is CC1(C)CCC(C)(C)c2cc(/C=C/C3=C4B(c5ccccc5N(c5ccccc5)C4=N)c4cc5c(cc4N3c3ccccc3)N(c3ccccc3)c3cc(-c4ccc6c(c4)C(C)(C)CCC6(C)C)nc4c3B5c3ccccc3N4c3ccccc3)ccc21. The van der Waals surface area contributed by atoms with Crippen LogP contribution in [0.5, 0.6) is 0 Å². The molecule has 6 aliphatic rings. The number of para-hydroxylation sites is 6. The van der Waals surface area contributed by atoms with Gasteiger partial charge in [-0.2, -0.15) is 0 Å². The van der Waals surface area contributed by atoms with Crippen LogP contribution in [0.25, 0.3) is 17.3 Å². The Kier molecular flexibility index (Phi) is 12.2. The molecule has 6 nitrogen and oxygen atoms in total.